The number of hydrogen-bond acceptors (Lipinski definition) is 6. The van der Waals surface area contributed by atoms with Crippen molar-refractivity contribution in [2.24, 2.45) is 0 Å². The van der Waals surface area contributed by atoms with Crippen LogP contribution < -0.4 is 10.6 Å². The van der Waals surface area contributed by atoms with Crippen molar-refractivity contribution in [1.29, 1.82) is 0 Å². The molecule has 0 spiro atoms. The van der Waals surface area contributed by atoms with Gasteiger partial charge in [-0.25, -0.2) is 9.97 Å². The van der Waals surface area contributed by atoms with Crippen LogP contribution in [-0.2, 0) is 17.9 Å². The molecule has 5 nitrogen and oxygen atoms in total. The number of aryl methyl sites for hydroxylation is 1. The van der Waals surface area contributed by atoms with E-state index in [0.29, 0.717) is 12.4 Å². The molecule has 2 aromatic rings. The normalized spacial score (nSPS) is 10.6. The predicted octanol–water partition coefficient (Wildman–Crippen LogP) is 3.04. The summed E-state index contributed by atoms with van der Waals surface area (Å²) in [7, 11) is 1.64. The van der Waals surface area contributed by atoms with E-state index in [-0.39, 0.29) is 0 Å². The predicted molar refractivity (Wildman–Crippen MR) is 83.3 cm³/mol. The summed E-state index contributed by atoms with van der Waals surface area (Å²) < 4.78 is 5.11. The van der Waals surface area contributed by atoms with E-state index in [2.05, 4.69) is 38.3 Å². The van der Waals surface area contributed by atoms with E-state index in [1.807, 2.05) is 13.0 Å². The summed E-state index contributed by atoms with van der Waals surface area (Å²) in [6, 6.07) is 1.92. The maximum Gasteiger partial charge on any atom is 0.158 e. The van der Waals surface area contributed by atoms with Gasteiger partial charge in [-0.2, -0.15) is 11.3 Å². The lowest BCUT2D eigenvalue weighted by Crippen LogP contribution is -2.08. The Balaban J connectivity index is 2.11. The Kier molecular flexibility index (Phi) is 5.31. The van der Waals surface area contributed by atoms with Crippen LogP contribution in [0.5, 0.6) is 0 Å². The SMILES string of the molecule is CCNc1cc(NCc2cscc2C)nc(COC)n1. The second kappa shape index (κ2) is 7.21. The van der Waals surface area contributed by atoms with Crippen molar-refractivity contribution in [2.45, 2.75) is 27.0 Å². The van der Waals surface area contributed by atoms with E-state index in [1.54, 1.807) is 18.4 Å². The Hall–Kier alpha value is -1.66. The maximum absolute atomic E-state index is 5.11. The van der Waals surface area contributed by atoms with Crippen molar-refractivity contribution < 1.29 is 4.74 Å². The molecule has 2 rings (SSSR count). The first-order valence-electron chi connectivity index (χ1n) is 6.59. The quantitative estimate of drug-likeness (QED) is 0.821. The summed E-state index contributed by atoms with van der Waals surface area (Å²) in [6.45, 7) is 6.16. The van der Waals surface area contributed by atoms with Crippen LogP contribution in [0.2, 0.25) is 0 Å². The fourth-order valence-electron chi connectivity index (χ4n) is 1.81. The molecule has 0 radical (unpaired) electrons. The molecule has 0 saturated heterocycles. The molecule has 0 amide bonds. The smallest absolute Gasteiger partial charge is 0.158 e. The molecule has 2 N–H and O–H groups in total. The number of nitrogens with one attached hydrogen (secondary N) is 2. The van der Waals surface area contributed by atoms with Crippen LogP contribution in [0.25, 0.3) is 0 Å². The zero-order valence-corrected chi connectivity index (χ0v) is 12.9. The summed E-state index contributed by atoms with van der Waals surface area (Å²) in [4.78, 5) is 8.84. The van der Waals surface area contributed by atoms with E-state index in [9.17, 15) is 0 Å². The zero-order valence-electron chi connectivity index (χ0n) is 12.1. The van der Waals surface area contributed by atoms with Gasteiger partial charge in [0, 0.05) is 26.3 Å². The minimum absolute atomic E-state index is 0.408. The number of thiophene rings is 1. The number of ether oxygens (including phenoxy) is 1. The largest absolute Gasteiger partial charge is 0.377 e. The number of methoxy groups -OCH3 is 1. The molecule has 0 aliphatic rings. The van der Waals surface area contributed by atoms with Gasteiger partial charge in [0.25, 0.3) is 0 Å². The number of nitrogens with zero attached hydrogens (tertiary/aromatic N) is 2. The van der Waals surface area contributed by atoms with Gasteiger partial charge in [0.2, 0.25) is 0 Å². The molecule has 0 unspecified atom stereocenters. The molecule has 0 atom stereocenters. The highest BCUT2D eigenvalue weighted by Crippen LogP contribution is 2.17. The molecule has 0 saturated carbocycles. The van der Waals surface area contributed by atoms with E-state index in [4.69, 9.17) is 4.74 Å². The van der Waals surface area contributed by atoms with Crippen LogP contribution in [0.3, 0.4) is 0 Å². The first-order valence-corrected chi connectivity index (χ1v) is 7.53. The standard InChI is InChI=1S/C14H20N4OS/c1-4-15-12-5-13(18-14(17-12)7-19-3)16-6-11-9-20-8-10(11)2/h5,8-9H,4,6-7H2,1-3H3,(H2,15,16,17,18). The van der Waals surface area contributed by atoms with Crippen molar-refractivity contribution in [3.63, 3.8) is 0 Å². The van der Waals surface area contributed by atoms with E-state index in [0.717, 1.165) is 24.7 Å². The molecule has 0 fully saturated rings. The summed E-state index contributed by atoms with van der Waals surface area (Å²) in [5.74, 6) is 2.31. The Morgan fingerprint density at radius 1 is 1.20 bits per heavy atom. The lowest BCUT2D eigenvalue weighted by Gasteiger charge is -2.10. The zero-order chi connectivity index (χ0) is 14.4. The lowest BCUT2D eigenvalue weighted by molar-refractivity contribution is 0.178. The molecule has 2 aromatic heterocycles. The molecule has 20 heavy (non-hydrogen) atoms. The number of aromatic nitrogens is 2. The topological polar surface area (TPSA) is 59.1 Å². The van der Waals surface area contributed by atoms with Crippen LogP contribution in [0.15, 0.2) is 16.8 Å². The summed E-state index contributed by atoms with van der Waals surface area (Å²) in [5, 5.41) is 10.9. The number of rotatable bonds is 7. The first kappa shape index (κ1) is 14.7. The lowest BCUT2D eigenvalue weighted by atomic mass is 10.2. The highest BCUT2D eigenvalue weighted by Gasteiger charge is 2.05. The van der Waals surface area contributed by atoms with E-state index >= 15 is 0 Å². The van der Waals surface area contributed by atoms with Gasteiger partial charge in [0.05, 0.1) is 0 Å². The maximum atomic E-state index is 5.11. The molecule has 2 heterocycles. The van der Waals surface area contributed by atoms with Crippen LogP contribution in [0.1, 0.15) is 23.9 Å². The Morgan fingerprint density at radius 2 is 1.95 bits per heavy atom. The van der Waals surface area contributed by atoms with Crippen LogP contribution in [-0.4, -0.2) is 23.6 Å². The first-order chi connectivity index (χ1) is 9.72. The monoisotopic (exact) mass is 292 g/mol. The molecular formula is C14H20N4OS. The molecular weight excluding hydrogens is 272 g/mol. The van der Waals surface area contributed by atoms with Gasteiger partial charge < -0.3 is 15.4 Å². The van der Waals surface area contributed by atoms with E-state index in [1.165, 1.54) is 11.1 Å². The second-order valence-corrected chi connectivity index (χ2v) is 5.20. The van der Waals surface area contributed by atoms with Gasteiger partial charge in [-0.05, 0) is 35.7 Å². The Labute approximate surface area is 123 Å². The summed E-state index contributed by atoms with van der Waals surface area (Å²) in [5.41, 5.74) is 2.60. The third-order valence-electron chi connectivity index (χ3n) is 2.83. The molecule has 0 bridgehead atoms. The van der Waals surface area contributed by atoms with Crippen molar-refractivity contribution in [3.8, 4) is 0 Å². The van der Waals surface area contributed by atoms with Gasteiger partial charge in [0.1, 0.15) is 18.2 Å². The Morgan fingerprint density at radius 3 is 2.55 bits per heavy atom. The van der Waals surface area contributed by atoms with Crippen LogP contribution >= 0.6 is 11.3 Å². The number of anilines is 2. The average Bonchev–Trinajstić information content (AvgIpc) is 2.83. The van der Waals surface area contributed by atoms with Gasteiger partial charge >= 0.3 is 0 Å². The number of hydrogen-bond donors (Lipinski definition) is 2. The van der Waals surface area contributed by atoms with Crippen molar-refractivity contribution in [2.75, 3.05) is 24.3 Å². The second-order valence-electron chi connectivity index (χ2n) is 4.45. The van der Waals surface area contributed by atoms with Gasteiger partial charge in [-0.15, -0.1) is 0 Å². The fraction of sp³-hybridized carbons (Fsp3) is 0.429. The minimum atomic E-state index is 0.408. The molecule has 108 valence electrons. The van der Waals surface area contributed by atoms with Gasteiger partial charge in [0.15, 0.2) is 5.82 Å². The Bertz CT molecular complexity index is 532. The van der Waals surface area contributed by atoms with Crippen molar-refractivity contribution in [1.82, 2.24) is 9.97 Å². The van der Waals surface area contributed by atoms with Crippen LogP contribution in [0, 0.1) is 6.92 Å². The highest BCUT2D eigenvalue weighted by atomic mass is 32.1. The molecule has 6 heteroatoms. The third kappa shape index (κ3) is 3.91. The molecule has 0 aromatic carbocycles. The third-order valence-corrected chi connectivity index (χ3v) is 3.74. The van der Waals surface area contributed by atoms with E-state index < -0.39 is 0 Å². The molecule has 0 aliphatic carbocycles. The fourth-order valence-corrected chi connectivity index (χ4v) is 2.66. The van der Waals surface area contributed by atoms with Crippen molar-refractivity contribution >= 4 is 23.0 Å². The average molecular weight is 292 g/mol. The summed E-state index contributed by atoms with van der Waals surface area (Å²) >= 11 is 1.72. The minimum Gasteiger partial charge on any atom is -0.377 e. The van der Waals surface area contributed by atoms with Crippen molar-refractivity contribution in [3.05, 3.63) is 33.8 Å². The van der Waals surface area contributed by atoms with Crippen LogP contribution in [0.4, 0.5) is 11.6 Å². The van der Waals surface area contributed by atoms with Gasteiger partial charge in [-0.3, -0.25) is 0 Å². The summed E-state index contributed by atoms with van der Waals surface area (Å²) in [6.07, 6.45) is 0. The van der Waals surface area contributed by atoms with Gasteiger partial charge in [-0.1, -0.05) is 0 Å². The molecule has 0 aliphatic heterocycles. The highest BCUT2D eigenvalue weighted by molar-refractivity contribution is 7.08.